The normalized spacial score (nSPS) is 12.3. The molecule has 0 amide bonds. The monoisotopic (exact) mass is 337 g/mol. The largest absolute Gasteiger partial charge is 0.478 e. The summed E-state index contributed by atoms with van der Waals surface area (Å²) in [5.74, 6) is 0.101. The van der Waals surface area contributed by atoms with Gasteiger partial charge in [-0.15, -0.1) is 0 Å². The Labute approximate surface area is 125 Å². The van der Waals surface area contributed by atoms with Crippen LogP contribution in [-0.4, -0.2) is 11.1 Å². The Morgan fingerprint density at radius 1 is 1.45 bits per heavy atom. The molecule has 1 aromatic carbocycles. The van der Waals surface area contributed by atoms with Gasteiger partial charge in [0.2, 0.25) is 0 Å². The number of carboxylic acid groups (broad SMARTS) is 1. The highest BCUT2D eigenvalue weighted by Crippen LogP contribution is 2.19. The van der Waals surface area contributed by atoms with Gasteiger partial charge in [0.25, 0.3) is 0 Å². The van der Waals surface area contributed by atoms with E-state index in [1.807, 2.05) is 24.3 Å². The van der Waals surface area contributed by atoms with Gasteiger partial charge in [-0.05, 0) is 37.6 Å². The molecular formula is C15H16BrNO3. The number of aryl methyl sites for hydroxylation is 1. The number of carboxylic acids is 1. The minimum atomic E-state index is -0.961. The van der Waals surface area contributed by atoms with Crippen molar-refractivity contribution in [2.24, 2.45) is 0 Å². The van der Waals surface area contributed by atoms with Gasteiger partial charge in [-0.2, -0.15) is 0 Å². The summed E-state index contributed by atoms with van der Waals surface area (Å²) in [6.45, 7) is 4.20. The fraction of sp³-hybridized carbons (Fsp3) is 0.267. The number of carbonyl (C=O) groups is 1. The van der Waals surface area contributed by atoms with Crippen molar-refractivity contribution in [2.45, 2.75) is 26.4 Å². The number of rotatable bonds is 5. The van der Waals surface area contributed by atoms with Crippen molar-refractivity contribution in [3.05, 3.63) is 57.5 Å². The van der Waals surface area contributed by atoms with Crippen LogP contribution in [0.4, 0.5) is 0 Å². The second kappa shape index (κ2) is 6.24. The highest BCUT2D eigenvalue weighted by atomic mass is 79.9. The Morgan fingerprint density at radius 2 is 2.20 bits per heavy atom. The Hall–Kier alpha value is -1.59. The molecule has 0 spiro atoms. The highest BCUT2D eigenvalue weighted by Gasteiger charge is 2.14. The number of nitrogens with one attached hydrogen (secondary N) is 1. The molecule has 2 aromatic rings. The molecule has 2 rings (SSSR count). The van der Waals surface area contributed by atoms with E-state index in [1.165, 1.54) is 0 Å². The standard InChI is InChI=1S/C15H16BrNO3/c1-9(11-4-3-5-12(16)6-11)17-8-13-7-14(15(18)19)10(2)20-13/h3-7,9,17H,8H2,1-2H3,(H,18,19)/t9-/m1/s1. The van der Waals surface area contributed by atoms with Crippen LogP contribution in [0.25, 0.3) is 0 Å². The second-order valence-corrected chi connectivity index (χ2v) is 5.56. The predicted molar refractivity (Wildman–Crippen MR) is 79.8 cm³/mol. The first kappa shape index (κ1) is 14.8. The van der Waals surface area contributed by atoms with Crippen LogP contribution in [0.5, 0.6) is 0 Å². The number of hydrogen-bond acceptors (Lipinski definition) is 3. The van der Waals surface area contributed by atoms with Crippen LogP contribution in [0.15, 0.2) is 39.2 Å². The summed E-state index contributed by atoms with van der Waals surface area (Å²) >= 11 is 3.44. The van der Waals surface area contributed by atoms with Gasteiger partial charge in [-0.3, -0.25) is 0 Å². The summed E-state index contributed by atoms with van der Waals surface area (Å²) in [5, 5.41) is 12.3. The third-order valence-electron chi connectivity index (χ3n) is 3.13. The lowest BCUT2D eigenvalue weighted by atomic mass is 10.1. The zero-order chi connectivity index (χ0) is 14.7. The lowest BCUT2D eigenvalue weighted by Crippen LogP contribution is -2.17. The van der Waals surface area contributed by atoms with Gasteiger partial charge < -0.3 is 14.8 Å². The maximum absolute atomic E-state index is 10.9. The molecule has 20 heavy (non-hydrogen) atoms. The molecule has 0 saturated heterocycles. The topological polar surface area (TPSA) is 62.5 Å². The first-order valence-electron chi connectivity index (χ1n) is 6.29. The van der Waals surface area contributed by atoms with E-state index in [0.29, 0.717) is 18.1 Å². The molecule has 5 heteroatoms. The number of furan rings is 1. The van der Waals surface area contributed by atoms with Crippen molar-refractivity contribution in [1.29, 1.82) is 0 Å². The molecular weight excluding hydrogens is 322 g/mol. The maximum Gasteiger partial charge on any atom is 0.339 e. The Morgan fingerprint density at radius 3 is 2.80 bits per heavy atom. The summed E-state index contributed by atoms with van der Waals surface area (Å²) < 4.78 is 6.47. The molecule has 0 unspecified atom stereocenters. The van der Waals surface area contributed by atoms with E-state index in [2.05, 4.69) is 28.2 Å². The van der Waals surface area contributed by atoms with Crippen molar-refractivity contribution in [3.63, 3.8) is 0 Å². The molecule has 0 bridgehead atoms. The molecule has 0 aliphatic carbocycles. The van der Waals surface area contributed by atoms with Crippen molar-refractivity contribution in [1.82, 2.24) is 5.32 Å². The predicted octanol–water partition coefficient (Wildman–Crippen LogP) is 3.90. The molecule has 1 heterocycles. The summed E-state index contributed by atoms with van der Waals surface area (Å²) in [7, 11) is 0. The van der Waals surface area contributed by atoms with Gasteiger partial charge in [0.15, 0.2) is 0 Å². The number of halogens is 1. The van der Waals surface area contributed by atoms with E-state index < -0.39 is 5.97 Å². The van der Waals surface area contributed by atoms with Gasteiger partial charge in [0.05, 0.1) is 6.54 Å². The zero-order valence-electron chi connectivity index (χ0n) is 11.3. The van der Waals surface area contributed by atoms with E-state index in [0.717, 1.165) is 10.0 Å². The average molecular weight is 338 g/mol. The fourth-order valence-corrected chi connectivity index (χ4v) is 2.41. The van der Waals surface area contributed by atoms with Crippen molar-refractivity contribution in [2.75, 3.05) is 0 Å². The quantitative estimate of drug-likeness (QED) is 0.868. The summed E-state index contributed by atoms with van der Waals surface area (Å²) in [4.78, 5) is 10.9. The van der Waals surface area contributed by atoms with Crippen molar-refractivity contribution >= 4 is 21.9 Å². The SMILES string of the molecule is Cc1oc(CN[C@H](C)c2cccc(Br)c2)cc1C(=O)O. The van der Waals surface area contributed by atoms with Gasteiger partial charge in [0.1, 0.15) is 17.1 Å². The molecule has 0 saturated carbocycles. The van der Waals surface area contributed by atoms with Gasteiger partial charge in [-0.25, -0.2) is 4.79 Å². The minimum absolute atomic E-state index is 0.145. The molecule has 1 atom stereocenters. The first-order valence-corrected chi connectivity index (χ1v) is 7.08. The van der Waals surface area contributed by atoms with Crippen LogP contribution in [0.1, 0.15) is 40.4 Å². The summed E-state index contributed by atoms with van der Waals surface area (Å²) in [6, 6.07) is 9.76. The van der Waals surface area contributed by atoms with Crippen molar-refractivity contribution < 1.29 is 14.3 Å². The third-order valence-corrected chi connectivity index (χ3v) is 3.62. The summed E-state index contributed by atoms with van der Waals surface area (Å²) in [5.41, 5.74) is 1.37. The van der Waals surface area contributed by atoms with Crippen LogP contribution >= 0.6 is 15.9 Å². The van der Waals surface area contributed by atoms with E-state index in [1.54, 1.807) is 13.0 Å². The molecule has 0 fully saturated rings. The lowest BCUT2D eigenvalue weighted by molar-refractivity contribution is 0.0695. The fourth-order valence-electron chi connectivity index (χ4n) is 1.99. The van der Waals surface area contributed by atoms with E-state index >= 15 is 0 Å². The molecule has 4 nitrogen and oxygen atoms in total. The second-order valence-electron chi connectivity index (χ2n) is 4.65. The third kappa shape index (κ3) is 3.49. The van der Waals surface area contributed by atoms with Gasteiger partial charge in [0, 0.05) is 10.5 Å². The summed E-state index contributed by atoms with van der Waals surface area (Å²) in [6.07, 6.45) is 0. The van der Waals surface area contributed by atoms with Crippen LogP contribution in [0.2, 0.25) is 0 Å². The molecule has 2 N–H and O–H groups in total. The Kier molecular flexibility index (Phi) is 4.62. The molecule has 0 radical (unpaired) electrons. The zero-order valence-corrected chi connectivity index (χ0v) is 12.9. The minimum Gasteiger partial charge on any atom is -0.478 e. The molecule has 1 aromatic heterocycles. The van der Waals surface area contributed by atoms with Gasteiger partial charge in [-0.1, -0.05) is 28.1 Å². The van der Waals surface area contributed by atoms with E-state index in [9.17, 15) is 4.79 Å². The number of hydrogen-bond donors (Lipinski definition) is 2. The number of aromatic carboxylic acids is 1. The van der Waals surface area contributed by atoms with Crippen LogP contribution in [0.3, 0.4) is 0 Å². The van der Waals surface area contributed by atoms with Crippen LogP contribution in [-0.2, 0) is 6.54 Å². The maximum atomic E-state index is 10.9. The molecule has 106 valence electrons. The van der Waals surface area contributed by atoms with Crippen molar-refractivity contribution in [3.8, 4) is 0 Å². The highest BCUT2D eigenvalue weighted by molar-refractivity contribution is 9.10. The van der Waals surface area contributed by atoms with E-state index in [4.69, 9.17) is 9.52 Å². The number of benzene rings is 1. The Balaban J connectivity index is 2.01. The smallest absolute Gasteiger partial charge is 0.339 e. The van der Waals surface area contributed by atoms with Crippen LogP contribution in [0, 0.1) is 6.92 Å². The first-order chi connectivity index (χ1) is 9.47. The molecule has 0 aliphatic rings. The average Bonchev–Trinajstić information content (AvgIpc) is 2.77. The van der Waals surface area contributed by atoms with E-state index in [-0.39, 0.29) is 11.6 Å². The van der Waals surface area contributed by atoms with Gasteiger partial charge >= 0.3 is 5.97 Å². The van der Waals surface area contributed by atoms with Crippen LogP contribution < -0.4 is 5.32 Å². The Bertz CT molecular complexity index is 621. The molecule has 0 aliphatic heterocycles. The lowest BCUT2D eigenvalue weighted by Gasteiger charge is -2.13.